The van der Waals surface area contributed by atoms with Crippen molar-refractivity contribution in [1.82, 2.24) is 0 Å². The Bertz CT molecular complexity index is 502. The lowest BCUT2D eigenvalue weighted by Crippen LogP contribution is -2.09. The number of hydrogen-bond acceptors (Lipinski definition) is 3. The molecular weight excluding hydrogens is 492 g/mol. The molecule has 238 valence electrons. The first-order valence-electron chi connectivity index (χ1n) is 18.3. The maximum Gasteiger partial charge on any atom is 0.508 e. The van der Waals surface area contributed by atoms with Crippen molar-refractivity contribution in [1.29, 1.82) is 0 Å². The van der Waals surface area contributed by atoms with E-state index in [0.717, 1.165) is 25.7 Å². The molecule has 0 heterocycles. The SMILES string of the molecule is CCCC/C=C\CCCCCCCCOC(=O)OCCCCCCCCCCCCCCCCCCCCCC. The molecule has 0 bridgehead atoms. The van der Waals surface area contributed by atoms with Gasteiger partial charge in [-0.3, -0.25) is 0 Å². The van der Waals surface area contributed by atoms with Gasteiger partial charge in [-0.05, 0) is 32.1 Å². The number of allylic oxidation sites excluding steroid dienone is 2. The minimum absolute atomic E-state index is 0.479. The van der Waals surface area contributed by atoms with Crippen LogP contribution in [0.1, 0.15) is 206 Å². The van der Waals surface area contributed by atoms with Gasteiger partial charge in [0.25, 0.3) is 0 Å². The van der Waals surface area contributed by atoms with Crippen LogP contribution < -0.4 is 0 Å². The van der Waals surface area contributed by atoms with Crippen LogP contribution in [0.5, 0.6) is 0 Å². The lowest BCUT2D eigenvalue weighted by atomic mass is 10.0. The molecule has 0 aliphatic rings. The maximum absolute atomic E-state index is 11.7. The van der Waals surface area contributed by atoms with Gasteiger partial charge in [0.05, 0.1) is 13.2 Å². The molecule has 0 aliphatic carbocycles. The van der Waals surface area contributed by atoms with Gasteiger partial charge in [-0.1, -0.05) is 187 Å². The van der Waals surface area contributed by atoms with E-state index in [9.17, 15) is 4.79 Å². The standard InChI is InChI=1S/C37H72O3/c1-3-5-7-9-11-13-15-17-18-19-20-21-22-23-24-26-28-30-32-34-36-40-37(38)39-35-33-31-29-27-25-16-14-12-10-8-6-4-2/h10,12H,3-9,11,13-36H2,1-2H3/b12-10-. The van der Waals surface area contributed by atoms with Gasteiger partial charge in [0.2, 0.25) is 0 Å². The van der Waals surface area contributed by atoms with Crippen molar-refractivity contribution >= 4 is 6.16 Å². The molecule has 40 heavy (non-hydrogen) atoms. The summed E-state index contributed by atoms with van der Waals surface area (Å²) in [5.74, 6) is 0. The zero-order chi connectivity index (χ0) is 29.0. The second kappa shape index (κ2) is 36.0. The average molecular weight is 565 g/mol. The van der Waals surface area contributed by atoms with Crippen LogP contribution in [0.2, 0.25) is 0 Å². The number of unbranched alkanes of at least 4 members (excludes halogenated alkanes) is 27. The Kier molecular flexibility index (Phi) is 35.1. The minimum Gasteiger partial charge on any atom is -0.434 e. The smallest absolute Gasteiger partial charge is 0.434 e. The summed E-state index contributed by atoms with van der Waals surface area (Å²) in [7, 11) is 0. The first-order valence-corrected chi connectivity index (χ1v) is 18.3. The Morgan fingerprint density at radius 2 is 0.650 bits per heavy atom. The third-order valence-electron chi connectivity index (χ3n) is 8.09. The number of carbonyl (C=O) groups is 1. The molecule has 0 atom stereocenters. The molecule has 0 aromatic carbocycles. The van der Waals surface area contributed by atoms with Gasteiger partial charge in [-0.2, -0.15) is 0 Å². The van der Waals surface area contributed by atoms with Gasteiger partial charge in [0.1, 0.15) is 0 Å². The normalized spacial score (nSPS) is 11.4. The summed E-state index contributed by atoms with van der Waals surface area (Å²) in [6.07, 6.45) is 44.0. The zero-order valence-corrected chi connectivity index (χ0v) is 27.5. The summed E-state index contributed by atoms with van der Waals surface area (Å²) in [5.41, 5.74) is 0. The summed E-state index contributed by atoms with van der Waals surface area (Å²) in [5, 5.41) is 0. The minimum atomic E-state index is -0.479. The summed E-state index contributed by atoms with van der Waals surface area (Å²) in [4.78, 5) is 11.7. The number of ether oxygens (including phenoxy) is 2. The Hall–Kier alpha value is -0.990. The molecule has 0 saturated carbocycles. The topological polar surface area (TPSA) is 35.5 Å². The first kappa shape index (κ1) is 39.0. The average Bonchev–Trinajstić information content (AvgIpc) is 2.96. The van der Waals surface area contributed by atoms with Crippen LogP contribution in [0.3, 0.4) is 0 Å². The van der Waals surface area contributed by atoms with Gasteiger partial charge in [-0.15, -0.1) is 0 Å². The van der Waals surface area contributed by atoms with Crippen molar-refractivity contribution < 1.29 is 14.3 Å². The van der Waals surface area contributed by atoms with Crippen molar-refractivity contribution in [3.05, 3.63) is 12.2 Å². The zero-order valence-electron chi connectivity index (χ0n) is 27.5. The molecule has 0 N–H and O–H groups in total. The van der Waals surface area contributed by atoms with Crippen LogP contribution in [-0.2, 0) is 9.47 Å². The van der Waals surface area contributed by atoms with Crippen molar-refractivity contribution in [2.24, 2.45) is 0 Å². The number of carbonyl (C=O) groups excluding carboxylic acids is 1. The van der Waals surface area contributed by atoms with Crippen LogP contribution in [0.25, 0.3) is 0 Å². The second-order valence-corrected chi connectivity index (χ2v) is 12.2. The quantitative estimate of drug-likeness (QED) is 0.0451. The van der Waals surface area contributed by atoms with Crippen molar-refractivity contribution in [3.63, 3.8) is 0 Å². The fourth-order valence-corrected chi connectivity index (χ4v) is 5.34. The third-order valence-corrected chi connectivity index (χ3v) is 8.09. The largest absolute Gasteiger partial charge is 0.508 e. The van der Waals surface area contributed by atoms with Crippen LogP contribution in [0.15, 0.2) is 12.2 Å². The predicted octanol–water partition coefficient (Wildman–Crippen LogP) is 13.4. The van der Waals surface area contributed by atoms with E-state index in [1.165, 1.54) is 167 Å². The molecule has 0 amide bonds. The Balaban J connectivity index is 3.15. The summed E-state index contributed by atoms with van der Waals surface area (Å²) in [6, 6.07) is 0. The highest BCUT2D eigenvalue weighted by molar-refractivity contribution is 5.59. The van der Waals surface area contributed by atoms with Crippen molar-refractivity contribution in [2.75, 3.05) is 13.2 Å². The Morgan fingerprint density at radius 1 is 0.375 bits per heavy atom. The van der Waals surface area contributed by atoms with Crippen molar-refractivity contribution in [2.45, 2.75) is 206 Å². The highest BCUT2D eigenvalue weighted by Crippen LogP contribution is 2.15. The van der Waals surface area contributed by atoms with E-state index in [1.807, 2.05) is 0 Å². The van der Waals surface area contributed by atoms with E-state index in [1.54, 1.807) is 0 Å². The van der Waals surface area contributed by atoms with E-state index in [4.69, 9.17) is 9.47 Å². The van der Waals surface area contributed by atoms with Gasteiger partial charge in [0, 0.05) is 0 Å². The molecule has 0 fully saturated rings. The molecule has 0 radical (unpaired) electrons. The summed E-state index contributed by atoms with van der Waals surface area (Å²) < 4.78 is 10.4. The van der Waals surface area contributed by atoms with Crippen LogP contribution in [0.4, 0.5) is 4.79 Å². The van der Waals surface area contributed by atoms with E-state index >= 15 is 0 Å². The molecular formula is C37H72O3. The van der Waals surface area contributed by atoms with Gasteiger partial charge >= 0.3 is 6.16 Å². The summed E-state index contributed by atoms with van der Waals surface area (Å²) in [6.45, 7) is 5.54. The fourth-order valence-electron chi connectivity index (χ4n) is 5.34. The maximum atomic E-state index is 11.7. The second-order valence-electron chi connectivity index (χ2n) is 12.2. The van der Waals surface area contributed by atoms with Crippen LogP contribution in [0, 0.1) is 0 Å². The van der Waals surface area contributed by atoms with Gasteiger partial charge in [0.15, 0.2) is 0 Å². The predicted molar refractivity (Wildman–Crippen MR) is 176 cm³/mol. The molecule has 3 heteroatoms. The fraction of sp³-hybridized carbons (Fsp3) is 0.919. The Morgan fingerprint density at radius 3 is 1.00 bits per heavy atom. The monoisotopic (exact) mass is 565 g/mol. The van der Waals surface area contributed by atoms with E-state index < -0.39 is 6.16 Å². The molecule has 3 nitrogen and oxygen atoms in total. The highest BCUT2D eigenvalue weighted by Gasteiger charge is 2.03. The molecule has 0 saturated heterocycles. The van der Waals surface area contributed by atoms with Crippen molar-refractivity contribution in [3.8, 4) is 0 Å². The molecule has 0 aliphatic heterocycles. The lowest BCUT2D eigenvalue weighted by molar-refractivity contribution is 0.0529. The number of hydrogen-bond donors (Lipinski definition) is 0. The van der Waals surface area contributed by atoms with E-state index in [-0.39, 0.29) is 0 Å². The first-order chi connectivity index (χ1) is 19.8. The highest BCUT2D eigenvalue weighted by atomic mass is 16.7. The third kappa shape index (κ3) is 35.0. The van der Waals surface area contributed by atoms with Gasteiger partial charge in [-0.25, -0.2) is 4.79 Å². The summed E-state index contributed by atoms with van der Waals surface area (Å²) >= 11 is 0. The van der Waals surface area contributed by atoms with E-state index in [0.29, 0.717) is 13.2 Å². The Labute approximate surface area is 252 Å². The van der Waals surface area contributed by atoms with Crippen LogP contribution >= 0.6 is 0 Å². The lowest BCUT2D eigenvalue weighted by Gasteiger charge is -2.06. The molecule has 0 rings (SSSR count). The van der Waals surface area contributed by atoms with Gasteiger partial charge < -0.3 is 9.47 Å². The molecule has 0 spiro atoms. The van der Waals surface area contributed by atoms with E-state index in [2.05, 4.69) is 26.0 Å². The molecule has 0 aromatic rings. The molecule has 0 unspecified atom stereocenters. The number of rotatable bonds is 33. The molecule has 0 aromatic heterocycles. The van der Waals surface area contributed by atoms with Crippen LogP contribution in [-0.4, -0.2) is 19.4 Å².